The Bertz CT molecular complexity index is 674. The molecule has 4 nitrogen and oxygen atoms in total. The molecule has 1 N–H and O–H groups in total. The third-order valence-electron chi connectivity index (χ3n) is 3.18. The molecular formula is C15H13ClN4. The normalized spacial score (nSPS) is 13.8. The summed E-state index contributed by atoms with van der Waals surface area (Å²) < 4.78 is 0. The molecule has 2 aromatic rings. The van der Waals surface area contributed by atoms with Gasteiger partial charge >= 0.3 is 0 Å². The zero-order valence-electron chi connectivity index (χ0n) is 10.8. The van der Waals surface area contributed by atoms with Crippen LogP contribution in [0.2, 0.25) is 5.15 Å². The number of hydrogen-bond donors (Lipinski definition) is 1. The van der Waals surface area contributed by atoms with Crippen LogP contribution in [0.5, 0.6) is 0 Å². The molecule has 0 unspecified atom stereocenters. The van der Waals surface area contributed by atoms with Crippen LogP contribution in [0, 0.1) is 11.3 Å². The Balaban J connectivity index is 1.73. The van der Waals surface area contributed by atoms with Gasteiger partial charge < -0.3 is 5.32 Å². The minimum absolute atomic E-state index is 0.468. The van der Waals surface area contributed by atoms with Gasteiger partial charge in [-0.25, -0.2) is 9.97 Å². The number of rotatable bonds is 4. The second-order valence-corrected chi connectivity index (χ2v) is 5.26. The maximum atomic E-state index is 8.88. The van der Waals surface area contributed by atoms with Gasteiger partial charge in [-0.1, -0.05) is 23.7 Å². The molecule has 3 rings (SSSR count). The Morgan fingerprint density at radius 3 is 2.90 bits per heavy atom. The molecule has 5 heteroatoms. The first kappa shape index (κ1) is 12.9. The van der Waals surface area contributed by atoms with Gasteiger partial charge in [0, 0.05) is 18.5 Å². The fourth-order valence-electron chi connectivity index (χ4n) is 1.99. The Labute approximate surface area is 122 Å². The Morgan fingerprint density at radius 2 is 2.15 bits per heavy atom. The van der Waals surface area contributed by atoms with Crippen molar-refractivity contribution in [2.75, 3.05) is 5.32 Å². The number of nitrogens with zero attached hydrogens (tertiary/aromatic N) is 3. The van der Waals surface area contributed by atoms with E-state index in [0.717, 1.165) is 30.0 Å². The number of nitrogens with one attached hydrogen (secondary N) is 1. The molecular weight excluding hydrogens is 272 g/mol. The maximum Gasteiger partial charge on any atom is 0.135 e. The molecule has 0 spiro atoms. The van der Waals surface area contributed by atoms with Crippen LogP contribution in [0.15, 0.2) is 30.3 Å². The molecule has 0 amide bonds. The third-order valence-corrected chi connectivity index (χ3v) is 3.38. The van der Waals surface area contributed by atoms with E-state index in [-0.39, 0.29) is 0 Å². The molecule has 0 bridgehead atoms. The molecule has 1 aromatic heterocycles. The highest BCUT2D eigenvalue weighted by atomic mass is 35.5. The number of aromatic nitrogens is 2. The van der Waals surface area contributed by atoms with Crippen molar-refractivity contribution < 1.29 is 0 Å². The molecule has 1 aliphatic carbocycles. The van der Waals surface area contributed by atoms with E-state index in [4.69, 9.17) is 16.9 Å². The topological polar surface area (TPSA) is 61.6 Å². The summed E-state index contributed by atoms with van der Waals surface area (Å²) in [6, 6.07) is 11.3. The van der Waals surface area contributed by atoms with Crippen LogP contribution in [0.3, 0.4) is 0 Å². The molecule has 1 aromatic carbocycles. The quantitative estimate of drug-likeness (QED) is 0.873. The van der Waals surface area contributed by atoms with Crippen molar-refractivity contribution in [3.8, 4) is 6.07 Å². The monoisotopic (exact) mass is 284 g/mol. The summed E-state index contributed by atoms with van der Waals surface area (Å²) in [6.07, 6.45) is 2.29. The van der Waals surface area contributed by atoms with Crippen molar-refractivity contribution in [1.82, 2.24) is 9.97 Å². The largest absolute Gasteiger partial charge is 0.366 e. The van der Waals surface area contributed by atoms with Crippen molar-refractivity contribution in [3.63, 3.8) is 0 Å². The van der Waals surface area contributed by atoms with Gasteiger partial charge in [-0.2, -0.15) is 5.26 Å². The van der Waals surface area contributed by atoms with E-state index in [1.807, 2.05) is 18.2 Å². The van der Waals surface area contributed by atoms with Gasteiger partial charge in [0.15, 0.2) is 0 Å². The predicted octanol–water partition coefficient (Wildman–Crippen LogP) is 3.49. The first-order valence-electron chi connectivity index (χ1n) is 6.52. The summed E-state index contributed by atoms with van der Waals surface area (Å²) >= 11 is 6.02. The lowest BCUT2D eigenvalue weighted by atomic mass is 10.1. The van der Waals surface area contributed by atoms with Crippen LogP contribution in [0.1, 0.15) is 35.7 Å². The molecule has 0 atom stereocenters. The minimum Gasteiger partial charge on any atom is -0.366 e. The second-order valence-electron chi connectivity index (χ2n) is 4.87. The van der Waals surface area contributed by atoms with Crippen LogP contribution >= 0.6 is 11.6 Å². The molecule has 1 heterocycles. The van der Waals surface area contributed by atoms with Gasteiger partial charge in [-0.05, 0) is 30.5 Å². The Hall–Kier alpha value is -2.12. The fraction of sp³-hybridized carbons (Fsp3) is 0.267. The molecule has 100 valence electrons. The van der Waals surface area contributed by atoms with Crippen molar-refractivity contribution in [2.45, 2.75) is 25.3 Å². The van der Waals surface area contributed by atoms with Gasteiger partial charge in [0.25, 0.3) is 0 Å². The van der Waals surface area contributed by atoms with Crippen molar-refractivity contribution in [1.29, 1.82) is 5.26 Å². The Kier molecular flexibility index (Phi) is 3.53. The number of anilines is 1. The first-order valence-corrected chi connectivity index (χ1v) is 6.90. The van der Waals surface area contributed by atoms with Crippen molar-refractivity contribution in [3.05, 3.63) is 52.4 Å². The lowest BCUT2D eigenvalue weighted by Crippen LogP contribution is -2.04. The highest BCUT2D eigenvalue weighted by Gasteiger charge is 2.27. The summed E-state index contributed by atoms with van der Waals surface area (Å²) in [6.45, 7) is 0.604. The number of benzene rings is 1. The molecule has 1 fully saturated rings. The van der Waals surface area contributed by atoms with Crippen molar-refractivity contribution in [2.24, 2.45) is 0 Å². The molecule has 1 aliphatic rings. The standard InChI is InChI=1S/C15H13ClN4/c16-13-7-14(20-15(19-13)12-4-5-12)18-9-11-3-1-2-10(6-11)8-17/h1-3,6-7,12H,4-5,9H2,(H,18,19,20). The summed E-state index contributed by atoms with van der Waals surface area (Å²) in [4.78, 5) is 8.73. The average molecular weight is 285 g/mol. The zero-order valence-corrected chi connectivity index (χ0v) is 11.6. The van der Waals surface area contributed by atoms with Gasteiger partial charge in [0.1, 0.15) is 16.8 Å². The van der Waals surface area contributed by atoms with E-state index in [0.29, 0.717) is 23.2 Å². The van der Waals surface area contributed by atoms with Crippen LogP contribution in [-0.4, -0.2) is 9.97 Å². The van der Waals surface area contributed by atoms with Crippen LogP contribution < -0.4 is 5.32 Å². The number of hydrogen-bond acceptors (Lipinski definition) is 4. The van der Waals surface area contributed by atoms with E-state index in [1.54, 1.807) is 12.1 Å². The minimum atomic E-state index is 0.468. The van der Waals surface area contributed by atoms with Gasteiger partial charge in [0.05, 0.1) is 11.6 Å². The van der Waals surface area contributed by atoms with Gasteiger partial charge in [-0.3, -0.25) is 0 Å². The van der Waals surface area contributed by atoms with E-state index >= 15 is 0 Å². The summed E-state index contributed by atoms with van der Waals surface area (Å²) in [5.41, 5.74) is 1.69. The zero-order chi connectivity index (χ0) is 13.9. The lowest BCUT2D eigenvalue weighted by Gasteiger charge is -2.08. The third kappa shape index (κ3) is 3.06. The highest BCUT2D eigenvalue weighted by Crippen LogP contribution is 2.38. The van der Waals surface area contributed by atoms with Crippen molar-refractivity contribution >= 4 is 17.4 Å². The summed E-state index contributed by atoms with van der Waals surface area (Å²) in [5, 5.41) is 12.6. The summed E-state index contributed by atoms with van der Waals surface area (Å²) in [5.74, 6) is 2.02. The molecule has 0 aliphatic heterocycles. The summed E-state index contributed by atoms with van der Waals surface area (Å²) in [7, 11) is 0. The predicted molar refractivity (Wildman–Crippen MR) is 77.5 cm³/mol. The number of nitriles is 1. The Morgan fingerprint density at radius 1 is 1.30 bits per heavy atom. The first-order chi connectivity index (χ1) is 9.74. The smallest absolute Gasteiger partial charge is 0.135 e. The van der Waals surface area contributed by atoms with E-state index < -0.39 is 0 Å². The van der Waals surface area contributed by atoms with Crippen LogP contribution in [0.4, 0.5) is 5.82 Å². The van der Waals surface area contributed by atoms with E-state index in [9.17, 15) is 0 Å². The molecule has 0 radical (unpaired) electrons. The number of halogens is 1. The molecule has 1 saturated carbocycles. The average Bonchev–Trinajstić information content (AvgIpc) is 3.29. The van der Waals surface area contributed by atoms with E-state index in [1.165, 1.54) is 0 Å². The molecule has 0 saturated heterocycles. The van der Waals surface area contributed by atoms with E-state index in [2.05, 4.69) is 21.4 Å². The molecule has 20 heavy (non-hydrogen) atoms. The highest BCUT2D eigenvalue weighted by molar-refractivity contribution is 6.29. The maximum absolute atomic E-state index is 8.88. The lowest BCUT2D eigenvalue weighted by molar-refractivity contribution is 0.921. The van der Waals surface area contributed by atoms with Gasteiger partial charge in [0.2, 0.25) is 0 Å². The fourth-order valence-corrected chi connectivity index (χ4v) is 2.18. The SMILES string of the molecule is N#Cc1cccc(CNc2cc(Cl)nc(C3CC3)n2)c1. The van der Waals surface area contributed by atoms with Crippen LogP contribution in [0.25, 0.3) is 0 Å². The van der Waals surface area contributed by atoms with Crippen LogP contribution in [-0.2, 0) is 6.54 Å². The second kappa shape index (κ2) is 5.48. The van der Waals surface area contributed by atoms with Gasteiger partial charge in [-0.15, -0.1) is 0 Å².